The van der Waals surface area contributed by atoms with Crippen LogP contribution >= 0.6 is 0 Å². The molecule has 0 saturated carbocycles. The predicted molar refractivity (Wildman–Crippen MR) is 260 cm³/mol. The number of aromatic hydroxyl groups is 8. The Balaban J connectivity index is 1.32. The number of phenols is 8. The van der Waals surface area contributed by atoms with Crippen molar-refractivity contribution >= 4 is 50.3 Å². The number of phenolic OH excluding ortho intramolecular Hbond substituents is 8. The van der Waals surface area contributed by atoms with Gasteiger partial charge in [-0.2, -0.15) is 0 Å². The van der Waals surface area contributed by atoms with Crippen LogP contribution < -0.4 is 21.9 Å². The summed E-state index contributed by atoms with van der Waals surface area (Å²) in [5.74, 6) is -4.42. The Hall–Kier alpha value is -7.90. The van der Waals surface area contributed by atoms with Crippen LogP contribution in [0.1, 0.15) is 89.0 Å². The molecule has 13 rings (SSSR count). The van der Waals surface area contributed by atoms with E-state index in [4.69, 9.17) is 0 Å². The van der Waals surface area contributed by atoms with Crippen molar-refractivity contribution in [3.8, 4) is 46.0 Å². The number of fused-ring (bicyclic) bond motifs is 8. The number of benzene rings is 8. The van der Waals surface area contributed by atoms with E-state index in [-0.39, 0.29) is 99.7 Å². The molecule has 72 heavy (non-hydrogen) atoms. The Morgan fingerprint density at radius 3 is 0.472 bits per heavy atom. The molecule has 0 amide bonds. The van der Waals surface area contributed by atoms with Gasteiger partial charge in [-0.1, -0.05) is 97.1 Å². The van der Waals surface area contributed by atoms with E-state index in [0.29, 0.717) is 11.1 Å². The third-order valence-electron chi connectivity index (χ3n) is 16.1. The van der Waals surface area contributed by atoms with Gasteiger partial charge in [-0.15, -0.1) is 0 Å². The average molecular weight is 960 g/mol. The molecule has 0 aliphatic heterocycles. The predicted octanol–water partition coefficient (Wildman–Crippen LogP) is -0.852. The summed E-state index contributed by atoms with van der Waals surface area (Å²) in [4.78, 5) is 0. The zero-order valence-electron chi connectivity index (χ0n) is 37.0. The second kappa shape index (κ2) is 13.9. The maximum absolute atomic E-state index is 13.2. The normalized spacial score (nSPS) is 21.4. The highest BCUT2D eigenvalue weighted by Gasteiger charge is 2.76. The van der Waals surface area contributed by atoms with Crippen LogP contribution in [-0.2, 0) is 21.7 Å². The quantitative estimate of drug-likeness (QED) is 0.0825. The van der Waals surface area contributed by atoms with Crippen molar-refractivity contribution in [2.75, 3.05) is 0 Å². The molecule has 0 aromatic heterocycles. The molecule has 0 radical (unpaired) electrons. The summed E-state index contributed by atoms with van der Waals surface area (Å²) in [5, 5.41) is 184. The minimum absolute atomic E-state index is 0.0103. The summed E-state index contributed by atoms with van der Waals surface area (Å²) in [5.41, 5.74) is -6.29. The van der Waals surface area contributed by atoms with E-state index >= 15 is 0 Å². The van der Waals surface area contributed by atoms with Gasteiger partial charge in [0.15, 0.2) is 0 Å². The van der Waals surface area contributed by atoms with E-state index in [2.05, 4.69) is 0 Å². The van der Waals surface area contributed by atoms with Gasteiger partial charge in [-0.3, -0.25) is 0 Å². The Labute approximate surface area is 408 Å². The molecule has 5 aliphatic rings. The molecule has 0 unspecified atom stereocenters. The molecule has 0 heterocycles. The maximum atomic E-state index is 13.2. The molecular weight excluding hydrogens is 924 g/mol. The van der Waals surface area contributed by atoms with Gasteiger partial charge >= 0.3 is 28.5 Å². The molecule has 352 valence electrons. The fraction of sp³-hybridized carbons (Fsp3) is 0.0769. The van der Waals surface area contributed by atoms with Crippen molar-refractivity contribution in [2.45, 2.75) is 21.7 Å². The fourth-order valence-corrected chi connectivity index (χ4v) is 13.6. The van der Waals surface area contributed by atoms with Gasteiger partial charge in [0.1, 0.15) is 46.0 Å². The summed E-state index contributed by atoms with van der Waals surface area (Å²) < 4.78 is 0. The largest absolute Gasteiger partial charge is 0.507 e. The molecule has 5 aliphatic carbocycles. The lowest BCUT2D eigenvalue weighted by Gasteiger charge is -2.55. The lowest BCUT2D eigenvalue weighted by atomic mass is 9.44. The molecule has 8 aromatic rings. The molecule has 0 atom stereocenters. The van der Waals surface area contributed by atoms with Crippen molar-refractivity contribution in [1.82, 2.24) is 0 Å². The smallest absolute Gasteiger partial charge is 0.488 e. The van der Waals surface area contributed by atoms with Gasteiger partial charge in [-0.25, -0.2) is 0 Å². The Morgan fingerprint density at radius 2 is 0.347 bits per heavy atom. The highest BCUT2D eigenvalue weighted by Crippen LogP contribution is 2.83. The molecule has 16 N–H and O–H groups in total. The van der Waals surface area contributed by atoms with Crippen molar-refractivity contribution in [3.63, 3.8) is 0 Å². The standard InChI is InChI=1S/C52H36B4O16/c57-29-17-33(61)41-45-37(29)49(45,21-1-9-25(10-2-21)53(65)66)39-31(59)19-35(63)43-47(39)51(41,23-5-13-27(14-6-23)55(69)70)44-36(64)20-32(60)40-48(44)52(43,24-7-15-28(16-8-24)56(71)72)42-34(62)18-30(58)38-46(42)50(38,40)22-3-11-26(12-4-22)54(67)68/h1-20,57-72H. The van der Waals surface area contributed by atoms with Crippen LogP contribution in [0.4, 0.5) is 0 Å². The van der Waals surface area contributed by atoms with Crippen molar-refractivity contribution in [1.29, 1.82) is 0 Å². The number of rotatable bonds is 8. The zero-order chi connectivity index (χ0) is 50.6. The topological polar surface area (TPSA) is 324 Å². The van der Waals surface area contributed by atoms with E-state index in [1.54, 1.807) is 0 Å². The zero-order valence-corrected chi connectivity index (χ0v) is 37.0. The maximum Gasteiger partial charge on any atom is 0.488 e. The van der Waals surface area contributed by atoms with Crippen LogP contribution in [0.3, 0.4) is 0 Å². The van der Waals surface area contributed by atoms with Gasteiger partial charge in [0.2, 0.25) is 0 Å². The summed E-state index contributed by atoms with van der Waals surface area (Å²) >= 11 is 0. The summed E-state index contributed by atoms with van der Waals surface area (Å²) in [7, 11) is -7.75. The van der Waals surface area contributed by atoms with Crippen molar-refractivity contribution in [2.24, 2.45) is 0 Å². The molecule has 8 aromatic carbocycles. The van der Waals surface area contributed by atoms with E-state index in [1.165, 1.54) is 97.1 Å². The van der Waals surface area contributed by atoms with E-state index in [1.807, 2.05) is 0 Å². The second-order valence-corrected chi connectivity index (χ2v) is 19.1. The summed E-state index contributed by atoms with van der Waals surface area (Å²) in [6, 6.07) is 27.6. The SMILES string of the molecule is OB(O)c1ccc(C23c4c(O)cc(O)c(c42)C2(c4ccc(B(O)O)cc4)c4c(O)cc(O)c5c4C(c4ccc(B(O)O)cc4)(c4c(O)cc(O)c6c4C65c4ccc(B(O)O)cc4)c4c(O)cc(O)c3c42)cc1. The Kier molecular flexibility index (Phi) is 8.54. The molecule has 0 spiro atoms. The number of hydrogen-bond acceptors (Lipinski definition) is 16. The molecule has 0 bridgehead atoms. The first kappa shape index (κ1) is 44.1. The van der Waals surface area contributed by atoms with Crippen LogP contribution in [0, 0.1) is 0 Å². The second-order valence-electron chi connectivity index (χ2n) is 19.1. The van der Waals surface area contributed by atoms with E-state index in [0.717, 1.165) is 24.3 Å². The number of hydrogen-bond donors (Lipinski definition) is 16. The lowest BCUT2D eigenvalue weighted by Crippen LogP contribution is -2.51. The monoisotopic (exact) mass is 960 g/mol. The van der Waals surface area contributed by atoms with Gasteiger partial charge in [0.25, 0.3) is 0 Å². The third kappa shape index (κ3) is 4.79. The first-order chi connectivity index (χ1) is 34.3. The van der Waals surface area contributed by atoms with Gasteiger partial charge in [0.05, 0.1) is 21.7 Å². The van der Waals surface area contributed by atoms with Crippen LogP contribution in [0.15, 0.2) is 121 Å². The van der Waals surface area contributed by atoms with Crippen LogP contribution in [0.2, 0.25) is 0 Å². The Morgan fingerprint density at radius 1 is 0.208 bits per heavy atom. The molecule has 0 saturated heterocycles. The average Bonchev–Trinajstić information content (AvgIpc) is 4.24. The molecule has 0 fully saturated rings. The van der Waals surface area contributed by atoms with Crippen molar-refractivity contribution in [3.05, 3.63) is 210 Å². The van der Waals surface area contributed by atoms with Gasteiger partial charge in [-0.05, 0) is 66.4 Å². The summed E-state index contributed by atoms with van der Waals surface area (Å²) in [6.45, 7) is 0. The Bertz CT molecular complexity index is 3510. The van der Waals surface area contributed by atoms with Crippen molar-refractivity contribution < 1.29 is 81.0 Å². The van der Waals surface area contributed by atoms with E-state index < -0.39 is 96.1 Å². The highest BCUT2D eigenvalue weighted by atomic mass is 16.4. The summed E-state index contributed by atoms with van der Waals surface area (Å²) in [6.07, 6.45) is 0. The fourth-order valence-electron chi connectivity index (χ4n) is 13.6. The lowest BCUT2D eigenvalue weighted by molar-refractivity contribution is 0.393. The highest BCUT2D eigenvalue weighted by molar-refractivity contribution is 6.59. The minimum Gasteiger partial charge on any atom is -0.507 e. The minimum atomic E-state index is -2.20. The third-order valence-corrected chi connectivity index (χ3v) is 16.1. The first-order valence-electron chi connectivity index (χ1n) is 22.6. The molecule has 16 nitrogen and oxygen atoms in total. The van der Waals surface area contributed by atoms with Crippen LogP contribution in [0.5, 0.6) is 46.0 Å². The van der Waals surface area contributed by atoms with Gasteiger partial charge in [0, 0.05) is 68.8 Å². The van der Waals surface area contributed by atoms with Crippen LogP contribution in [-0.4, -0.2) is 110 Å². The molecule has 20 heteroatoms. The van der Waals surface area contributed by atoms with Gasteiger partial charge < -0.3 is 81.0 Å². The van der Waals surface area contributed by atoms with Crippen LogP contribution in [0.25, 0.3) is 0 Å². The van der Waals surface area contributed by atoms with E-state index in [9.17, 15) is 81.0 Å². The first-order valence-corrected chi connectivity index (χ1v) is 22.6. The molecular formula is C52H36B4O16.